The second-order valence-corrected chi connectivity index (χ2v) is 3.84. The second-order valence-electron chi connectivity index (χ2n) is 3.84. The number of nitrogens with one attached hydrogen (secondary N) is 1. The summed E-state index contributed by atoms with van der Waals surface area (Å²) in [6.45, 7) is 7.57. The van der Waals surface area contributed by atoms with Gasteiger partial charge in [0.15, 0.2) is 0 Å². The van der Waals surface area contributed by atoms with Gasteiger partial charge < -0.3 is 10.1 Å². The molecular weight excluding hydrogens is 238 g/mol. The molecule has 0 saturated carbocycles. The van der Waals surface area contributed by atoms with Crippen LogP contribution < -0.4 is 10.1 Å². The molecule has 1 aromatic heterocycles. The van der Waals surface area contributed by atoms with E-state index in [1.807, 2.05) is 36.4 Å². The highest BCUT2D eigenvalue weighted by atomic mass is 16.5. The third kappa shape index (κ3) is 2.80. The van der Waals surface area contributed by atoms with E-state index in [4.69, 9.17) is 4.74 Å². The van der Waals surface area contributed by atoms with E-state index in [0.717, 1.165) is 11.3 Å². The SMILES string of the molecule is C=Nc1c(C(=C)Nc2ccccc2)ccnc1OC. The molecule has 0 unspecified atom stereocenters. The summed E-state index contributed by atoms with van der Waals surface area (Å²) in [4.78, 5) is 8.06. The third-order valence-corrected chi connectivity index (χ3v) is 2.64. The topological polar surface area (TPSA) is 46.5 Å². The molecule has 0 spiro atoms. The Labute approximate surface area is 112 Å². The average molecular weight is 253 g/mol. The third-order valence-electron chi connectivity index (χ3n) is 2.64. The van der Waals surface area contributed by atoms with Crippen molar-refractivity contribution in [1.82, 2.24) is 4.98 Å². The summed E-state index contributed by atoms with van der Waals surface area (Å²) in [6.07, 6.45) is 1.65. The number of aliphatic imine (C=N–C) groups is 1. The number of pyridine rings is 1. The van der Waals surface area contributed by atoms with Crippen LogP contribution in [-0.4, -0.2) is 18.8 Å². The van der Waals surface area contributed by atoms with Crippen molar-refractivity contribution >= 4 is 23.8 Å². The minimum Gasteiger partial charge on any atom is -0.479 e. The molecule has 1 heterocycles. The molecule has 0 aliphatic heterocycles. The van der Waals surface area contributed by atoms with Crippen molar-refractivity contribution in [3.63, 3.8) is 0 Å². The molecule has 2 aromatic rings. The number of aromatic nitrogens is 1. The summed E-state index contributed by atoms with van der Waals surface area (Å²) < 4.78 is 5.16. The fourth-order valence-electron chi connectivity index (χ4n) is 1.74. The van der Waals surface area contributed by atoms with Crippen LogP contribution in [0, 0.1) is 0 Å². The van der Waals surface area contributed by atoms with E-state index in [1.165, 1.54) is 0 Å². The molecule has 4 heteroatoms. The number of methoxy groups -OCH3 is 1. The largest absolute Gasteiger partial charge is 0.479 e. The molecule has 4 nitrogen and oxygen atoms in total. The van der Waals surface area contributed by atoms with Gasteiger partial charge in [0.25, 0.3) is 0 Å². The number of hydrogen-bond donors (Lipinski definition) is 1. The summed E-state index contributed by atoms with van der Waals surface area (Å²) in [7, 11) is 1.55. The predicted octanol–water partition coefficient (Wildman–Crippen LogP) is 3.51. The zero-order chi connectivity index (χ0) is 13.7. The van der Waals surface area contributed by atoms with Crippen LogP contribution in [0.15, 0.2) is 54.2 Å². The Kier molecular flexibility index (Phi) is 3.93. The minimum atomic E-state index is 0.434. The fourth-order valence-corrected chi connectivity index (χ4v) is 1.74. The van der Waals surface area contributed by atoms with Gasteiger partial charge in [-0.2, -0.15) is 0 Å². The van der Waals surface area contributed by atoms with Crippen molar-refractivity contribution in [2.45, 2.75) is 0 Å². The van der Waals surface area contributed by atoms with Crippen molar-refractivity contribution in [3.8, 4) is 5.88 Å². The highest BCUT2D eigenvalue weighted by Gasteiger charge is 2.11. The van der Waals surface area contributed by atoms with Crippen molar-refractivity contribution in [1.29, 1.82) is 0 Å². The van der Waals surface area contributed by atoms with E-state index < -0.39 is 0 Å². The lowest BCUT2D eigenvalue weighted by Gasteiger charge is -2.13. The first-order valence-electron chi connectivity index (χ1n) is 5.77. The van der Waals surface area contributed by atoms with Gasteiger partial charge in [0.05, 0.1) is 7.11 Å². The van der Waals surface area contributed by atoms with Gasteiger partial charge in [0.2, 0.25) is 5.88 Å². The van der Waals surface area contributed by atoms with E-state index in [2.05, 4.69) is 28.6 Å². The van der Waals surface area contributed by atoms with Crippen LogP contribution in [0.3, 0.4) is 0 Å². The first-order valence-corrected chi connectivity index (χ1v) is 5.77. The highest BCUT2D eigenvalue weighted by Crippen LogP contribution is 2.32. The van der Waals surface area contributed by atoms with E-state index in [-0.39, 0.29) is 0 Å². The lowest BCUT2D eigenvalue weighted by molar-refractivity contribution is 0.399. The first-order chi connectivity index (χ1) is 9.26. The molecule has 0 bridgehead atoms. The van der Waals surface area contributed by atoms with Gasteiger partial charge in [0, 0.05) is 23.1 Å². The van der Waals surface area contributed by atoms with Crippen molar-refractivity contribution in [3.05, 3.63) is 54.7 Å². The maximum Gasteiger partial charge on any atom is 0.240 e. The van der Waals surface area contributed by atoms with Crippen LogP contribution in [0.4, 0.5) is 11.4 Å². The van der Waals surface area contributed by atoms with Crippen molar-refractivity contribution in [2.24, 2.45) is 4.99 Å². The number of rotatable bonds is 5. The predicted molar refractivity (Wildman–Crippen MR) is 79.1 cm³/mol. The molecule has 0 amide bonds. The van der Waals surface area contributed by atoms with E-state index in [9.17, 15) is 0 Å². The Bertz CT molecular complexity index is 594. The molecule has 0 aliphatic carbocycles. The standard InChI is InChI=1S/C15H15N3O/c1-11(18-12-7-5-4-6-8-12)13-9-10-17-15(19-3)14(13)16-2/h4-10,18H,1-2H2,3H3. The number of benzene rings is 1. The Morgan fingerprint density at radius 2 is 2.00 bits per heavy atom. The molecule has 2 rings (SSSR count). The van der Waals surface area contributed by atoms with E-state index in [1.54, 1.807) is 13.3 Å². The molecule has 0 saturated heterocycles. The fraction of sp³-hybridized carbons (Fsp3) is 0.0667. The summed E-state index contributed by atoms with van der Waals surface area (Å²) in [6, 6.07) is 11.6. The Hall–Kier alpha value is -2.62. The van der Waals surface area contributed by atoms with E-state index in [0.29, 0.717) is 17.3 Å². The lowest BCUT2D eigenvalue weighted by atomic mass is 10.1. The summed E-state index contributed by atoms with van der Waals surface area (Å²) in [5.41, 5.74) is 3.07. The highest BCUT2D eigenvalue weighted by molar-refractivity contribution is 5.83. The maximum atomic E-state index is 5.16. The molecule has 0 atom stereocenters. The summed E-state index contributed by atoms with van der Waals surface area (Å²) >= 11 is 0. The second kappa shape index (κ2) is 5.82. The Balaban J connectivity index is 2.31. The molecule has 0 aliphatic rings. The van der Waals surface area contributed by atoms with Crippen LogP contribution in [-0.2, 0) is 0 Å². The van der Waals surface area contributed by atoms with Gasteiger partial charge in [-0.25, -0.2) is 4.98 Å². The molecular formula is C15H15N3O. The van der Waals surface area contributed by atoms with Crippen LogP contribution in [0.2, 0.25) is 0 Å². The first kappa shape index (κ1) is 12.8. The van der Waals surface area contributed by atoms with Crippen LogP contribution in [0.5, 0.6) is 5.88 Å². The lowest BCUT2D eigenvalue weighted by Crippen LogP contribution is -1.99. The molecule has 1 aromatic carbocycles. The van der Waals surface area contributed by atoms with Crippen LogP contribution >= 0.6 is 0 Å². The van der Waals surface area contributed by atoms with Gasteiger partial charge in [-0.05, 0) is 24.9 Å². The zero-order valence-corrected chi connectivity index (χ0v) is 10.8. The number of anilines is 1. The van der Waals surface area contributed by atoms with Crippen LogP contribution in [0.25, 0.3) is 5.70 Å². The smallest absolute Gasteiger partial charge is 0.240 e. The quantitative estimate of drug-likeness (QED) is 0.829. The molecule has 0 radical (unpaired) electrons. The minimum absolute atomic E-state index is 0.434. The molecule has 1 N–H and O–H groups in total. The van der Waals surface area contributed by atoms with Gasteiger partial charge in [-0.1, -0.05) is 24.8 Å². The van der Waals surface area contributed by atoms with Gasteiger partial charge >= 0.3 is 0 Å². The summed E-state index contributed by atoms with van der Waals surface area (Å²) in [5.74, 6) is 0.434. The van der Waals surface area contributed by atoms with Gasteiger partial charge in [0.1, 0.15) is 5.69 Å². The monoisotopic (exact) mass is 253 g/mol. The summed E-state index contributed by atoms with van der Waals surface area (Å²) in [5, 5.41) is 3.22. The number of para-hydroxylation sites is 1. The number of nitrogens with zero attached hydrogens (tertiary/aromatic N) is 2. The van der Waals surface area contributed by atoms with Gasteiger partial charge in [-0.3, -0.25) is 4.99 Å². The van der Waals surface area contributed by atoms with Crippen molar-refractivity contribution < 1.29 is 4.74 Å². The molecule has 19 heavy (non-hydrogen) atoms. The molecule has 0 fully saturated rings. The number of ether oxygens (including phenoxy) is 1. The average Bonchev–Trinajstić information content (AvgIpc) is 2.47. The Morgan fingerprint density at radius 3 is 2.63 bits per heavy atom. The van der Waals surface area contributed by atoms with E-state index >= 15 is 0 Å². The Morgan fingerprint density at radius 1 is 1.26 bits per heavy atom. The van der Waals surface area contributed by atoms with Crippen molar-refractivity contribution in [2.75, 3.05) is 12.4 Å². The molecule has 96 valence electrons. The zero-order valence-electron chi connectivity index (χ0n) is 10.8. The van der Waals surface area contributed by atoms with Gasteiger partial charge in [-0.15, -0.1) is 0 Å². The number of hydrogen-bond acceptors (Lipinski definition) is 4. The van der Waals surface area contributed by atoms with Crippen LogP contribution in [0.1, 0.15) is 5.56 Å². The maximum absolute atomic E-state index is 5.16. The normalized spacial score (nSPS) is 9.74.